The van der Waals surface area contributed by atoms with Gasteiger partial charge in [-0.1, -0.05) is 42.5 Å². The van der Waals surface area contributed by atoms with Crippen LogP contribution in [0.3, 0.4) is 0 Å². The Bertz CT molecular complexity index is 462. The Kier molecular flexibility index (Phi) is 4.37. The van der Waals surface area contributed by atoms with Gasteiger partial charge < -0.3 is 10.4 Å². The summed E-state index contributed by atoms with van der Waals surface area (Å²) < 4.78 is 0. The van der Waals surface area contributed by atoms with Gasteiger partial charge in [-0.2, -0.15) is 0 Å². The molecule has 18 heavy (non-hydrogen) atoms. The van der Waals surface area contributed by atoms with Crippen LogP contribution in [0.5, 0.6) is 0 Å². The molecule has 0 fully saturated rings. The molecule has 0 aliphatic heterocycles. The van der Waals surface area contributed by atoms with Crippen molar-refractivity contribution >= 4 is 5.69 Å². The molecule has 1 atom stereocenters. The highest BCUT2D eigenvalue weighted by Crippen LogP contribution is 2.15. The summed E-state index contributed by atoms with van der Waals surface area (Å²) in [5.74, 6) is 0. The summed E-state index contributed by atoms with van der Waals surface area (Å²) in [6, 6.07) is 18.4. The van der Waals surface area contributed by atoms with Gasteiger partial charge in [0.2, 0.25) is 0 Å². The maximum Gasteiger partial charge on any atom is 0.0761 e. The van der Waals surface area contributed by atoms with E-state index >= 15 is 0 Å². The maximum atomic E-state index is 9.42. The van der Waals surface area contributed by atoms with Gasteiger partial charge in [-0.25, -0.2) is 0 Å². The van der Waals surface area contributed by atoms with Crippen molar-refractivity contribution in [2.45, 2.75) is 19.4 Å². The molecule has 0 saturated heterocycles. The highest BCUT2D eigenvalue weighted by atomic mass is 16.3. The van der Waals surface area contributed by atoms with Crippen LogP contribution in [0.4, 0.5) is 5.69 Å². The average molecular weight is 241 g/mol. The molecule has 0 radical (unpaired) electrons. The summed E-state index contributed by atoms with van der Waals surface area (Å²) in [6.45, 7) is 2.69. The van der Waals surface area contributed by atoms with Gasteiger partial charge in [0.15, 0.2) is 0 Å². The molecule has 2 nitrogen and oxygen atoms in total. The van der Waals surface area contributed by atoms with Crippen LogP contribution in [0, 0.1) is 0 Å². The smallest absolute Gasteiger partial charge is 0.0761 e. The first kappa shape index (κ1) is 12.7. The summed E-state index contributed by atoms with van der Waals surface area (Å²) >= 11 is 0. The fourth-order valence-corrected chi connectivity index (χ4v) is 1.88. The molecule has 1 unspecified atom stereocenters. The average Bonchev–Trinajstić information content (AvgIpc) is 2.40. The summed E-state index contributed by atoms with van der Waals surface area (Å²) in [5, 5.41) is 12.8. The lowest BCUT2D eigenvalue weighted by Gasteiger charge is -2.09. The number of rotatable bonds is 5. The molecule has 2 aromatic rings. The third-order valence-electron chi connectivity index (χ3n) is 2.98. The van der Waals surface area contributed by atoms with Gasteiger partial charge >= 0.3 is 0 Å². The zero-order valence-corrected chi connectivity index (χ0v) is 10.6. The van der Waals surface area contributed by atoms with Crippen molar-refractivity contribution in [1.29, 1.82) is 0 Å². The number of hydrogen-bond donors (Lipinski definition) is 2. The van der Waals surface area contributed by atoms with Crippen LogP contribution in [-0.2, 0) is 6.42 Å². The largest absolute Gasteiger partial charge is 0.389 e. The van der Waals surface area contributed by atoms with E-state index in [0.717, 1.165) is 24.2 Å². The Labute approximate surface area is 108 Å². The number of benzene rings is 2. The van der Waals surface area contributed by atoms with Gasteiger partial charge in [0, 0.05) is 12.2 Å². The monoisotopic (exact) mass is 241 g/mol. The predicted molar refractivity (Wildman–Crippen MR) is 75.7 cm³/mol. The van der Waals surface area contributed by atoms with E-state index in [-0.39, 0.29) is 0 Å². The fraction of sp³-hybridized carbons (Fsp3) is 0.250. The van der Waals surface area contributed by atoms with E-state index in [1.807, 2.05) is 30.3 Å². The van der Waals surface area contributed by atoms with E-state index in [0.29, 0.717) is 0 Å². The van der Waals surface area contributed by atoms with Crippen molar-refractivity contribution in [2.24, 2.45) is 0 Å². The molecule has 2 rings (SSSR count). The predicted octanol–water partition coefficient (Wildman–Crippen LogP) is 3.39. The van der Waals surface area contributed by atoms with Crippen LogP contribution in [0.1, 0.15) is 24.2 Å². The SMILES string of the molecule is CC(O)c1ccc(NCCc2ccccc2)cc1. The Morgan fingerprint density at radius 2 is 1.67 bits per heavy atom. The van der Waals surface area contributed by atoms with Gasteiger partial charge in [0.1, 0.15) is 0 Å². The summed E-state index contributed by atoms with van der Waals surface area (Å²) in [6.07, 6.45) is 0.613. The second-order valence-electron chi connectivity index (χ2n) is 4.46. The molecule has 0 bridgehead atoms. The molecule has 0 amide bonds. The molecular weight excluding hydrogens is 222 g/mol. The number of aliphatic hydroxyl groups excluding tert-OH is 1. The lowest BCUT2D eigenvalue weighted by Crippen LogP contribution is -2.04. The number of aliphatic hydroxyl groups is 1. The quantitative estimate of drug-likeness (QED) is 0.841. The van der Waals surface area contributed by atoms with Crippen molar-refractivity contribution < 1.29 is 5.11 Å². The van der Waals surface area contributed by atoms with Gasteiger partial charge in [-0.15, -0.1) is 0 Å². The van der Waals surface area contributed by atoms with Crippen molar-refractivity contribution in [3.05, 3.63) is 65.7 Å². The highest BCUT2D eigenvalue weighted by molar-refractivity contribution is 5.45. The molecular formula is C16H19NO. The first-order chi connectivity index (χ1) is 8.75. The minimum atomic E-state index is -0.400. The van der Waals surface area contributed by atoms with Crippen molar-refractivity contribution in [2.75, 3.05) is 11.9 Å². The third kappa shape index (κ3) is 3.60. The molecule has 0 saturated carbocycles. The molecule has 2 heteroatoms. The first-order valence-corrected chi connectivity index (χ1v) is 6.31. The second-order valence-corrected chi connectivity index (χ2v) is 4.46. The van der Waals surface area contributed by atoms with Gasteiger partial charge in [0.05, 0.1) is 6.10 Å². The Morgan fingerprint density at radius 1 is 1.00 bits per heavy atom. The van der Waals surface area contributed by atoms with Crippen LogP contribution in [0.25, 0.3) is 0 Å². The molecule has 0 aromatic heterocycles. The van der Waals surface area contributed by atoms with Gasteiger partial charge in [0.25, 0.3) is 0 Å². The molecule has 2 N–H and O–H groups in total. The van der Waals surface area contributed by atoms with Crippen molar-refractivity contribution in [3.8, 4) is 0 Å². The second kappa shape index (κ2) is 6.22. The Balaban J connectivity index is 1.83. The minimum Gasteiger partial charge on any atom is -0.389 e. The summed E-state index contributed by atoms with van der Waals surface area (Å²) in [5.41, 5.74) is 3.38. The van der Waals surface area contributed by atoms with E-state index in [1.54, 1.807) is 6.92 Å². The molecule has 0 spiro atoms. The van der Waals surface area contributed by atoms with Crippen LogP contribution >= 0.6 is 0 Å². The zero-order valence-electron chi connectivity index (χ0n) is 10.6. The normalized spacial score (nSPS) is 12.1. The lowest BCUT2D eigenvalue weighted by atomic mass is 10.1. The van der Waals surface area contributed by atoms with E-state index in [1.165, 1.54) is 5.56 Å². The first-order valence-electron chi connectivity index (χ1n) is 6.31. The van der Waals surface area contributed by atoms with Gasteiger partial charge in [-0.05, 0) is 36.6 Å². The van der Waals surface area contributed by atoms with Crippen LogP contribution in [0.15, 0.2) is 54.6 Å². The standard InChI is InChI=1S/C16H19NO/c1-13(18)15-7-9-16(10-8-15)17-12-11-14-5-3-2-4-6-14/h2-10,13,17-18H,11-12H2,1H3. The Morgan fingerprint density at radius 3 is 2.28 bits per heavy atom. The number of hydrogen-bond acceptors (Lipinski definition) is 2. The van der Waals surface area contributed by atoms with E-state index in [4.69, 9.17) is 0 Å². The topological polar surface area (TPSA) is 32.3 Å². The van der Waals surface area contributed by atoms with E-state index < -0.39 is 6.10 Å². The van der Waals surface area contributed by atoms with E-state index in [9.17, 15) is 5.11 Å². The molecule has 94 valence electrons. The minimum absolute atomic E-state index is 0.400. The molecule has 0 aliphatic rings. The van der Waals surface area contributed by atoms with Crippen molar-refractivity contribution in [3.63, 3.8) is 0 Å². The number of nitrogens with one attached hydrogen (secondary N) is 1. The van der Waals surface area contributed by atoms with Crippen LogP contribution in [-0.4, -0.2) is 11.7 Å². The maximum absolute atomic E-state index is 9.42. The summed E-state index contributed by atoms with van der Waals surface area (Å²) in [7, 11) is 0. The molecule has 0 aliphatic carbocycles. The van der Waals surface area contributed by atoms with Crippen molar-refractivity contribution in [1.82, 2.24) is 0 Å². The number of anilines is 1. The lowest BCUT2D eigenvalue weighted by molar-refractivity contribution is 0.199. The summed E-state index contributed by atoms with van der Waals surface area (Å²) in [4.78, 5) is 0. The molecule has 0 heterocycles. The Hall–Kier alpha value is -1.80. The van der Waals surface area contributed by atoms with E-state index in [2.05, 4.69) is 29.6 Å². The molecule has 2 aromatic carbocycles. The fourth-order valence-electron chi connectivity index (χ4n) is 1.88. The zero-order chi connectivity index (χ0) is 12.8. The van der Waals surface area contributed by atoms with Crippen LogP contribution in [0.2, 0.25) is 0 Å². The highest BCUT2D eigenvalue weighted by Gasteiger charge is 1.99. The van der Waals surface area contributed by atoms with Crippen LogP contribution < -0.4 is 5.32 Å². The van der Waals surface area contributed by atoms with Gasteiger partial charge in [-0.3, -0.25) is 0 Å². The third-order valence-corrected chi connectivity index (χ3v) is 2.98.